The average molecular weight is 330 g/mol. The first kappa shape index (κ1) is 16.8. The summed E-state index contributed by atoms with van der Waals surface area (Å²) >= 11 is 0. The zero-order valence-corrected chi connectivity index (χ0v) is 13.4. The minimum atomic E-state index is -4.47. The summed E-state index contributed by atoms with van der Waals surface area (Å²) in [6, 6.07) is 7.53. The summed E-state index contributed by atoms with van der Waals surface area (Å²) in [5.74, 6) is 0. The van der Waals surface area contributed by atoms with Gasteiger partial charge in [0, 0.05) is 10.8 Å². The van der Waals surface area contributed by atoms with Crippen molar-refractivity contribution in [2.24, 2.45) is 0 Å². The molecule has 0 aliphatic heterocycles. The number of hydrogen-bond donors (Lipinski definition) is 2. The van der Waals surface area contributed by atoms with Crippen LogP contribution in [0.1, 0.15) is 2.85 Å². The first-order chi connectivity index (χ1) is 8.21. The van der Waals surface area contributed by atoms with Gasteiger partial charge in [0.2, 0.25) is 0 Å². The molecule has 2 aromatic carbocycles. The van der Waals surface area contributed by atoms with Gasteiger partial charge in [0.05, 0.1) is 0 Å². The fraction of sp³-hybridized carbons (Fsp3) is 0. The summed E-state index contributed by atoms with van der Waals surface area (Å²) in [5.41, 5.74) is 0. The molecule has 0 fully saturated rings. The zero-order chi connectivity index (χ0) is 13.6. The fourth-order valence-electron chi connectivity index (χ4n) is 1.70. The monoisotopic (exact) mass is 330 g/mol. The minimum Gasteiger partial charge on any atom is -1.00 e. The molecule has 0 spiro atoms. The van der Waals surface area contributed by atoms with Crippen LogP contribution in [0.2, 0.25) is 0 Å². The van der Waals surface area contributed by atoms with Crippen molar-refractivity contribution < 1.29 is 28.8 Å². The molecule has 0 aromatic heterocycles. The van der Waals surface area contributed by atoms with Crippen molar-refractivity contribution in [2.75, 3.05) is 0 Å². The quantitative estimate of drug-likeness (QED) is 0.632. The molecule has 2 N–H and O–H groups in total. The van der Waals surface area contributed by atoms with Crippen molar-refractivity contribution in [2.45, 2.75) is 9.79 Å². The van der Waals surface area contributed by atoms with E-state index in [1.165, 1.54) is 24.3 Å². The molecule has 9 heteroatoms. The smallest absolute Gasteiger partial charge is 1.00 e. The van der Waals surface area contributed by atoms with E-state index in [-0.39, 0.29) is 51.4 Å². The molecule has 0 aliphatic carbocycles. The summed E-state index contributed by atoms with van der Waals surface area (Å²) in [5, 5.41) is 0.0465. The first-order valence-electron chi connectivity index (χ1n) is 4.68. The molecular weight excluding hydrogens is 320 g/mol. The van der Waals surface area contributed by atoms with Crippen molar-refractivity contribution in [3.05, 3.63) is 36.4 Å². The first-order valence-corrected chi connectivity index (χ1v) is 7.56. The van der Waals surface area contributed by atoms with Crippen molar-refractivity contribution in [3.63, 3.8) is 0 Å². The Morgan fingerprint density at radius 1 is 0.737 bits per heavy atom. The van der Waals surface area contributed by atoms with Gasteiger partial charge in [-0.25, -0.2) is 0 Å². The number of fused-ring (bicyclic) bond motifs is 1. The molecule has 0 saturated carbocycles. The van der Waals surface area contributed by atoms with Gasteiger partial charge in [0.25, 0.3) is 20.2 Å². The van der Waals surface area contributed by atoms with Crippen LogP contribution in [0.3, 0.4) is 0 Å². The van der Waals surface area contributed by atoms with Crippen LogP contribution in [0.4, 0.5) is 0 Å². The molecule has 0 heterocycles. The minimum absolute atomic E-state index is 0. The van der Waals surface area contributed by atoms with Crippen LogP contribution < -0.4 is 0 Å². The Bertz CT molecular complexity index is 764. The molecule has 0 unspecified atom stereocenters. The van der Waals surface area contributed by atoms with Crippen molar-refractivity contribution in [1.29, 1.82) is 0 Å². The molecule has 0 atom stereocenters. The van der Waals surface area contributed by atoms with Gasteiger partial charge in [-0.1, -0.05) is 24.3 Å². The Morgan fingerprint density at radius 2 is 1.05 bits per heavy atom. The van der Waals surface area contributed by atoms with Crippen LogP contribution in [0.15, 0.2) is 46.2 Å². The third-order valence-electron chi connectivity index (χ3n) is 2.40. The summed E-state index contributed by atoms with van der Waals surface area (Å²) in [6.45, 7) is 0. The van der Waals surface area contributed by atoms with Gasteiger partial charge in [-0.3, -0.25) is 9.11 Å². The number of benzene rings is 2. The number of hydrogen-bond acceptors (Lipinski definition) is 4. The third-order valence-corrected chi connectivity index (χ3v) is 4.22. The molecule has 2 rings (SSSR count). The molecular formula is C10H10CaO6S2. The van der Waals surface area contributed by atoms with E-state index in [2.05, 4.69) is 0 Å². The fourth-order valence-corrected chi connectivity index (χ4v) is 3.12. The predicted molar refractivity (Wildman–Crippen MR) is 71.6 cm³/mol. The van der Waals surface area contributed by atoms with E-state index in [0.29, 0.717) is 0 Å². The van der Waals surface area contributed by atoms with Crippen LogP contribution >= 0.6 is 0 Å². The second kappa shape index (κ2) is 5.64. The zero-order valence-electron chi connectivity index (χ0n) is 11.5. The van der Waals surface area contributed by atoms with E-state index < -0.39 is 30.0 Å². The predicted octanol–water partition coefficient (Wildman–Crippen LogP) is 1.18. The SMILES string of the molecule is O=S(=O)(O)c1cccc2c(S(=O)(=O)O)cccc12.[Ca+2].[H-].[H-]. The largest absolute Gasteiger partial charge is 2.00 e. The van der Waals surface area contributed by atoms with Crippen LogP contribution in [-0.4, -0.2) is 63.7 Å². The maximum Gasteiger partial charge on any atom is 2.00 e. The molecule has 0 amide bonds. The second-order valence-electron chi connectivity index (χ2n) is 3.56. The second-order valence-corrected chi connectivity index (χ2v) is 6.34. The van der Waals surface area contributed by atoms with Gasteiger partial charge in [0.1, 0.15) is 9.79 Å². The summed E-state index contributed by atoms with van der Waals surface area (Å²) in [4.78, 5) is -0.823. The Kier molecular flexibility index (Phi) is 5.00. The summed E-state index contributed by atoms with van der Waals surface area (Å²) in [6.07, 6.45) is 0. The Labute approximate surface area is 142 Å². The van der Waals surface area contributed by atoms with E-state index >= 15 is 0 Å². The Morgan fingerprint density at radius 3 is 1.32 bits per heavy atom. The van der Waals surface area contributed by atoms with E-state index in [1.807, 2.05) is 0 Å². The molecule has 19 heavy (non-hydrogen) atoms. The molecule has 0 radical (unpaired) electrons. The average Bonchev–Trinajstić information content (AvgIpc) is 2.24. The van der Waals surface area contributed by atoms with E-state index in [4.69, 9.17) is 9.11 Å². The summed E-state index contributed by atoms with van der Waals surface area (Å²) < 4.78 is 62.7. The molecule has 2 aromatic rings. The maximum atomic E-state index is 11.2. The van der Waals surface area contributed by atoms with Crippen molar-refractivity contribution >= 4 is 68.7 Å². The van der Waals surface area contributed by atoms with Crippen LogP contribution in [-0.2, 0) is 20.2 Å². The van der Waals surface area contributed by atoms with Gasteiger partial charge in [0.15, 0.2) is 0 Å². The van der Waals surface area contributed by atoms with Crippen molar-refractivity contribution in [3.8, 4) is 0 Å². The third kappa shape index (κ3) is 3.46. The van der Waals surface area contributed by atoms with Gasteiger partial charge in [-0.2, -0.15) is 16.8 Å². The van der Waals surface area contributed by atoms with Gasteiger partial charge >= 0.3 is 37.7 Å². The normalized spacial score (nSPS) is 12.1. The topological polar surface area (TPSA) is 109 Å². The molecule has 6 nitrogen and oxygen atoms in total. The molecule has 0 saturated heterocycles. The van der Waals surface area contributed by atoms with E-state index in [1.54, 1.807) is 0 Å². The molecule has 0 aliphatic rings. The van der Waals surface area contributed by atoms with E-state index in [9.17, 15) is 16.8 Å². The Hall–Kier alpha value is -0.220. The van der Waals surface area contributed by atoms with Gasteiger partial charge in [-0.15, -0.1) is 0 Å². The van der Waals surface area contributed by atoms with Crippen LogP contribution in [0, 0.1) is 0 Å². The summed E-state index contributed by atoms with van der Waals surface area (Å²) in [7, 11) is -8.94. The number of rotatable bonds is 2. The van der Waals surface area contributed by atoms with E-state index in [0.717, 1.165) is 12.1 Å². The molecule has 0 bridgehead atoms. The van der Waals surface area contributed by atoms with Gasteiger partial charge in [-0.05, 0) is 12.1 Å². The van der Waals surface area contributed by atoms with Crippen molar-refractivity contribution in [1.82, 2.24) is 0 Å². The van der Waals surface area contributed by atoms with Crippen LogP contribution in [0.5, 0.6) is 0 Å². The maximum absolute atomic E-state index is 11.2. The molecule has 100 valence electrons. The van der Waals surface area contributed by atoms with Gasteiger partial charge < -0.3 is 2.85 Å². The Balaban J connectivity index is 0. The standard InChI is InChI=1S/C10H8O6S2.Ca.2H/c11-17(12,13)9-5-1-3-7-8(9)4-2-6-10(7)18(14,15)16;;;/h1-6H,(H,11,12,13)(H,14,15,16);;;/q;+2;2*-1. The van der Waals surface area contributed by atoms with Crippen LogP contribution in [0.25, 0.3) is 10.8 Å².